The van der Waals surface area contributed by atoms with Gasteiger partial charge < -0.3 is 20.4 Å². The number of imidazole rings is 1. The van der Waals surface area contributed by atoms with E-state index in [0.29, 0.717) is 13.1 Å². The number of hydrogen-bond acceptors (Lipinski definition) is 5. The number of carbonyl (C=O) groups is 1. The predicted octanol–water partition coefficient (Wildman–Crippen LogP) is 2.57. The number of para-hydroxylation sites is 1. The van der Waals surface area contributed by atoms with E-state index in [-0.39, 0.29) is 6.61 Å². The number of alkyl carbamates (subject to hydrolysis) is 1. The highest BCUT2D eigenvalue weighted by atomic mass is 16.5. The van der Waals surface area contributed by atoms with Crippen LogP contribution in [0.3, 0.4) is 0 Å². The van der Waals surface area contributed by atoms with Crippen LogP contribution in [0.5, 0.6) is 0 Å². The highest BCUT2D eigenvalue weighted by Gasteiger charge is 2.15. The lowest BCUT2D eigenvalue weighted by molar-refractivity contribution is 0.136. The quantitative estimate of drug-likeness (QED) is 0.644. The molecule has 0 aliphatic heterocycles. The van der Waals surface area contributed by atoms with Crippen LogP contribution in [0.1, 0.15) is 25.6 Å². The number of ether oxygens (including phenoxy) is 1. The molecule has 0 spiro atoms. The van der Waals surface area contributed by atoms with Gasteiger partial charge in [0.2, 0.25) is 0 Å². The molecule has 0 radical (unpaired) electrons. The number of nitrogens with zero attached hydrogens (tertiary/aromatic N) is 3. The molecule has 3 aromatic rings. The van der Waals surface area contributed by atoms with Crippen molar-refractivity contribution in [3.05, 3.63) is 36.3 Å². The number of fused-ring (bicyclic) bond motifs is 3. The first-order valence-electron chi connectivity index (χ1n) is 8.58. The van der Waals surface area contributed by atoms with E-state index in [4.69, 9.17) is 10.5 Å². The minimum Gasteiger partial charge on any atom is -0.441 e. The van der Waals surface area contributed by atoms with Crippen molar-refractivity contribution < 1.29 is 9.53 Å². The number of aromatic nitrogens is 3. The second kappa shape index (κ2) is 7.94. The SMILES string of the molecule is CCNC(=O)OCc1nc2cnc3ccccc3c2n1CCCCN. The molecule has 7 nitrogen and oxygen atoms in total. The summed E-state index contributed by atoms with van der Waals surface area (Å²) in [6.07, 6.45) is 3.20. The minimum atomic E-state index is -0.439. The zero-order valence-corrected chi connectivity index (χ0v) is 14.4. The van der Waals surface area contributed by atoms with E-state index < -0.39 is 6.09 Å². The molecule has 0 saturated heterocycles. The lowest BCUT2D eigenvalue weighted by Crippen LogP contribution is -2.24. The van der Waals surface area contributed by atoms with Gasteiger partial charge in [0, 0.05) is 18.5 Å². The van der Waals surface area contributed by atoms with Crippen LogP contribution in [0, 0.1) is 0 Å². The van der Waals surface area contributed by atoms with Crippen molar-refractivity contribution in [3.63, 3.8) is 0 Å². The van der Waals surface area contributed by atoms with Crippen LogP contribution in [0.2, 0.25) is 0 Å². The molecule has 0 fully saturated rings. The van der Waals surface area contributed by atoms with Crippen LogP contribution in [-0.2, 0) is 17.9 Å². The molecule has 0 saturated carbocycles. The number of aryl methyl sites for hydroxylation is 1. The monoisotopic (exact) mass is 341 g/mol. The van der Waals surface area contributed by atoms with E-state index >= 15 is 0 Å². The maximum Gasteiger partial charge on any atom is 0.407 e. The van der Waals surface area contributed by atoms with Gasteiger partial charge in [-0.3, -0.25) is 4.98 Å². The fraction of sp³-hybridized carbons (Fsp3) is 0.389. The maximum absolute atomic E-state index is 11.6. The molecule has 2 heterocycles. The molecular formula is C18H23N5O2. The van der Waals surface area contributed by atoms with Crippen molar-refractivity contribution in [3.8, 4) is 0 Å². The van der Waals surface area contributed by atoms with Crippen molar-refractivity contribution in [2.45, 2.75) is 32.9 Å². The van der Waals surface area contributed by atoms with Crippen molar-refractivity contribution in [2.75, 3.05) is 13.1 Å². The third kappa shape index (κ3) is 3.71. The molecule has 0 bridgehead atoms. The van der Waals surface area contributed by atoms with Gasteiger partial charge in [-0.15, -0.1) is 0 Å². The summed E-state index contributed by atoms with van der Waals surface area (Å²) in [6.45, 7) is 3.92. The smallest absolute Gasteiger partial charge is 0.407 e. The van der Waals surface area contributed by atoms with E-state index in [2.05, 4.69) is 19.9 Å². The number of unbranched alkanes of at least 4 members (excludes halogenated alkanes) is 1. The number of hydrogen-bond donors (Lipinski definition) is 2. The van der Waals surface area contributed by atoms with Gasteiger partial charge in [-0.2, -0.15) is 0 Å². The highest BCUT2D eigenvalue weighted by Crippen LogP contribution is 2.25. The fourth-order valence-corrected chi connectivity index (χ4v) is 2.90. The topological polar surface area (TPSA) is 95.1 Å². The van der Waals surface area contributed by atoms with Crippen molar-refractivity contribution >= 4 is 28.0 Å². The molecule has 25 heavy (non-hydrogen) atoms. The van der Waals surface area contributed by atoms with Crippen LogP contribution in [0.15, 0.2) is 30.5 Å². The summed E-state index contributed by atoms with van der Waals surface area (Å²) < 4.78 is 7.40. The third-order valence-electron chi connectivity index (χ3n) is 4.05. The normalized spacial score (nSPS) is 11.1. The van der Waals surface area contributed by atoms with Crippen LogP contribution < -0.4 is 11.1 Å². The van der Waals surface area contributed by atoms with E-state index in [1.165, 1.54) is 0 Å². The minimum absolute atomic E-state index is 0.122. The van der Waals surface area contributed by atoms with Crippen LogP contribution in [0.25, 0.3) is 21.9 Å². The molecular weight excluding hydrogens is 318 g/mol. The molecule has 0 unspecified atom stereocenters. The molecule has 0 aliphatic carbocycles. The zero-order chi connectivity index (χ0) is 17.6. The molecule has 2 aromatic heterocycles. The van der Waals surface area contributed by atoms with E-state index in [1.54, 1.807) is 6.20 Å². The highest BCUT2D eigenvalue weighted by molar-refractivity contribution is 6.02. The standard InChI is InChI=1S/C18H23N5O2/c1-2-20-18(24)25-12-16-22-15-11-21-14-8-4-3-7-13(14)17(15)23(16)10-6-5-9-19/h3-4,7-8,11H,2,5-6,9-10,12,19H2,1H3,(H,20,24). The molecule has 1 aromatic carbocycles. The van der Waals surface area contributed by atoms with Crippen molar-refractivity contribution in [1.29, 1.82) is 0 Å². The molecule has 7 heteroatoms. The number of nitrogens with one attached hydrogen (secondary N) is 1. The summed E-state index contributed by atoms with van der Waals surface area (Å²) in [7, 11) is 0. The van der Waals surface area contributed by atoms with E-state index in [1.807, 2.05) is 31.2 Å². The Labute approximate surface area is 146 Å². The number of nitrogens with two attached hydrogens (primary N) is 1. The molecule has 3 N–H and O–H groups in total. The number of rotatable bonds is 7. The van der Waals surface area contributed by atoms with Crippen molar-refractivity contribution in [2.24, 2.45) is 5.73 Å². The van der Waals surface area contributed by atoms with Crippen molar-refractivity contribution in [1.82, 2.24) is 19.9 Å². The van der Waals surface area contributed by atoms with Gasteiger partial charge in [0.1, 0.15) is 11.3 Å². The summed E-state index contributed by atoms with van der Waals surface area (Å²) in [5.41, 5.74) is 8.38. The van der Waals surface area contributed by atoms with E-state index in [9.17, 15) is 4.79 Å². The average molecular weight is 341 g/mol. The van der Waals surface area contributed by atoms with Gasteiger partial charge in [0.05, 0.1) is 17.2 Å². The lowest BCUT2D eigenvalue weighted by atomic mass is 10.2. The van der Waals surface area contributed by atoms with E-state index in [0.717, 1.165) is 47.1 Å². The molecule has 0 atom stereocenters. The van der Waals surface area contributed by atoms with Gasteiger partial charge in [-0.05, 0) is 32.4 Å². The lowest BCUT2D eigenvalue weighted by Gasteiger charge is -2.11. The van der Waals surface area contributed by atoms with Gasteiger partial charge >= 0.3 is 6.09 Å². The first-order valence-corrected chi connectivity index (χ1v) is 8.58. The van der Waals surface area contributed by atoms with Crippen LogP contribution in [-0.4, -0.2) is 33.7 Å². The Morgan fingerprint density at radius 1 is 1.28 bits per heavy atom. The predicted molar refractivity (Wildman–Crippen MR) is 97.2 cm³/mol. The van der Waals surface area contributed by atoms with Gasteiger partial charge in [0.25, 0.3) is 0 Å². The number of carbonyl (C=O) groups excluding carboxylic acids is 1. The Kier molecular flexibility index (Phi) is 5.45. The maximum atomic E-state index is 11.6. The summed E-state index contributed by atoms with van der Waals surface area (Å²) in [5, 5.41) is 3.67. The Bertz CT molecular complexity index is 874. The first-order chi connectivity index (χ1) is 12.2. The number of pyridine rings is 1. The molecule has 132 valence electrons. The largest absolute Gasteiger partial charge is 0.441 e. The summed E-state index contributed by atoms with van der Waals surface area (Å²) in [5.74, 6) is 0.719. The second-order valence-electron chi connectivity index (χ2n) is 5.79. The Morgan fingerprint density at radius 3 is 2.92 bits per heavy atom. The molecule has 1 amide bonds. The fourth-order valence-electron chi connectivity index (χ4n) is 2.90. The summed E-state index contributed by atoms with van der Waals surface area (Å²) >= 11 is 0. The van der Waals surface area contributed by atoms with Gasteiger partial charge in [0.15, 0.2) is 6.61 Å². The Hall–Kier alpha value is -2.67. The van der Waals surface area contributed by atoms with Gasteiger partial charge in [-0.1, -0.05) is 18.2 Å². The number of benzene rings is 1. The third-order valence-corrected chi connectivity index (χ3v) is 4.05. The Balaban J connectivity index is 2.00. The average Bonchev–Trinajstić information content (AvgIpc) is 2.99. The molecule has 0 aliphatic rings. The number of amides is 1. The Morgan fingerprint density at radius 2 is 2.12 bits per heavy atom. The molecule has 3 rings (SSSR count). The van der Waals surface area contributed by atoms with Crippen LogP contribution >= 0.6 is 0 Å². The summed E-state index contributed by atoms with van der Waals surface area (Å²) in [4.78, 5) is 20.7. The second-order valence-corrected chi connectivity index (χ2v) is 5.79. The first kappa shape index (κ1) is 17.2. The summed E-state index contributed by atoms with van der Waals surface area (Å²) in [6, 6.07) is 7.98. The van der Waals surface area contributed by atoms with Crippen LogP contribution in [0.4, 0.5) is 4.79 Å². The van der Waals surface area contributed by atoms with Gasteiger partial charge in [-0.25, -0.2) is 9.78 Å². The zero-order valence-electron chi connectivity index (χ0n) is 14.4.